The first-order valence-corrected chi connectivity index (χ1v) is 14.8. The summed E-state index contributed by atoms with van der Waals surface area (Å²) in [6.45, 7) is 10.8. The van der Waals surface area contributed by atoms with Gasteiger partial charge >= 0.3 is 0 Å². The molecule has 0 bridgehead atoms. The highest BCUT2D eigenvalue weighted by Crippen LogP contribution is 2.22. The van der Waals surface area contributed by atoms with Crippen LogP contribution in [0.2, 0.25) is 0 Å². The van der Waals surface area contributed by atoms with Crippen LogP contribution >= 0.6 is 0 Å². The largest absolute Gasteiger partial charge is 0.342 e. The van der Waals surface area contributed by atoms with Crippen LogP contribution in [0.4, 0.5) is 0 Å². The van der Waals surface area contributed by atoms with Gasteiger partial charge < -0.3 is 26.2 Å². The van der Waals surface area contributed by atoms with E-state index in [0.717, 1.165) is 70.0 Å². The molecule has 0 aromatic heterocycles. The van der Waals surface area contributed by atoms with Crippen LogP contribution in [-0.4, -0.2) is 81.2 Å². The molecule has 6 nitrogen and oxygen atoms in total. The Morgan fingerprint density at radius 3 is 2.11 bits per heavy atom. The van der Waals surface area contributed by atoms with Gasteiger partial charge in [0.1, 0.15) is 0 Å². The maximum absolute atomic E-state index is 13.0. The normalized spacial score (nSPS) is 18.0. The molecule has 0 unspecified atom stereocenters. The Hall–Kier alpha value is -1.99. The van der Waals surface area contributed by atoms with Gasteiger partial charge in [0.05, 0.1) is 6.42 Å². The number of hydrogen-bond donors (Lipinski definition) is 3. The third-order valence-corrected chi connectivity index (χ3v) is 8.40. The molecule has 2 saturated heterocycles. The minimum absolute atomic E-state index is 0.271. The van der Waals surface area contributed by atoms with Crippen LogP contribution in [0.15, 0.2) is 42.5 Å². The predicted octanol–water partition coefficient (Wildman–Crippen LogP) is 3.64. The summed E-state index contributed by atoms with van der Waals surface area (Å²) in [4.78, 5) is 17.6. The van der Waals surface area contributed by atoms with Crippen LogP contribution in [0, 0.1) is 11.8 Å². The van der Waals surface area contributed by atoms with Gasteiger partial charge in [-0.15, -0.1) is 0 Å². The van der Waals surface area contributed by atoms with Crippen LogP contribution in [-0.2, 0) is 11.2 Å². The van der Waals surface area contributed by atoms with E-state index in [1.165, 1.54) is 62.6 Å². The van der Waals surface area contributed by atoms with Gasteiger partial charge in [0.2, 0.25) is 5.91 Å². The third kappa shape index (κ3) is 9.06. The van der Waals surface area contributed by atoms with E-state index in [9.17, 15) is 4.79 Å². The first-order chi connectivity index (χ1) is 18.2. The van der Waals surface area contributed by atoms with Crippen molar-refractivity contribution < 1.29 is 4.79 Å². The summed E-state index contributed by atoms with van der Waals surface area (Å²) in [5.41, 5.74) is 6.77. The number of carbonyl (C=O) groups excluding carboxylic acids is 1. The summed E-state index contributed by atoms with van der Waals surface area (Å²) in [5.74, 6) is 1.81. The van der Waals surface area contributed by atoms with Gasteiger partial charge in [-0.05, 0) is 125 Å². The van der Waals surface area contributed by atoms with Crippen molar-refractivity contribution in [1.82, 2.24) is 20.4 Å². The molecule has 1 amide bonds. The van der Waals surface area contributed by atoms with E-state index in [4.69, 9.17) is 5.73 Å². The van der Waals surface area contributed by atoms with Crippen molar-refractivity contribution >= 4 is 16.7 Å². The molecule has 204 valence electrons. The Bertz CT molecular complexity index is 929. The molecular weight excluding hydrogens is 458 g/mol. The van der Waals surface area contributed by atoms with Gasteiger partial charge in [0.25, 0.3) is 0 Å². The monoisotopic (exact) mass is 507 g/mol. The quantitative estimate of drug-likeness (QED) is 0.341. The van der Waals surface area contributed by atoms with Crippen LogP contribution in [0.5, 0.6) is 0 Å². The summed E-state index contributed by atoms with van der Waals surface area (Å²) >= 11 is 0. The molecule has 0 saturated carbocycles. The predicted molar refractivity (Wildman–Crippen MR) is 155 cm³/mol. The summed E-state index contributed by atoms with van der Waals surface area (Å²) in [5, 5.41) is 9.78. The summed E-state index contributed by atoms with van der Waals surface area (Å²) < 4.78 is 0. The number of carbonyl (C=O) groups is 1. The van der Waals surface area contributed by atoms with Crippen LogP contribution in [0.25, 0.3) is 10.8 Å². The van der Waals surface area contributed by atoms with E-state index in [0.29, 0.717) is 12.3 Å². The van der Waals surface area contributed by atoms with Crippen LogP contribution < -0.4 is 16.4 Å². The van der Waals surface area contributed by atoms with Crippen LogP contribution in [0.1, 0.15) is 50.5 Å². The van der Waals surface area contributed by atoms with Gasteiger partial charge in [0.15, 0.2) is 0 Å². The lowest BCUT2D eigenvalue weighted by Gasteiger charge is -2.32. The van der Waals surface area contributed by atoms with Gasteiger partial charge in [-0.1, -0.05) is 42.5 Å². The summed E-state index contributed by atoms with van der Waals surface area (Å²) in [6.07, 6.45) is 8.98. The molecule has 6 heteroatoms. The number of piperidine rings is 2. The Labute approximate surface area is 224 Å². The molecule has 2 aromatic rings. The van der Waals surface area contributed by atoms with Crippen LogP contribution in [0.3, 0.4) is 0 Å². The second kappa shape index (κ2) is 15.4. The zero-order chi connectivity index (χ0) is 25.7. The Kier molecular flexibility index (Phi) is 11.7. The molecule has 4 rings (SSSR count). The first kappa shape index (κ1) is 28.0. The van der Waals surface area contributed by atoms with E-state index in [1.807, 2.05) is 0 Å². The zero-order valence-corrected chi connectivity index (χ0v) is 22.8. The second-order valence-corrected chi connectivity index (χ2v) is 11.2. The molecule has 2 aliphatic heterocycles. The van der Waals surface area contributed by atoms with Crippen molar-refractivity contribution in [3.63, 3.8) is 0 Å². The number of nitrogens with zero attached hydrogens (tertiary/aromatic N) is 2. The number of likely N-dealkylation sites (tertiary alicyclic amines) is 2. The lowest BCUT2D eigenvalue weighted by molar-refractivity contribution is -0.131. The third-order valence-electron chi connectivity index (χ3n) is 8.40. The van der Waals surface area contributed by atoms with Gasteiger partial charge in [-0.2, -0.15) is 0 Å². The van der Waals surface area contributed by atoms with Crippen molar-refractivity contribution in [3.05, 3.63) is 48.0 Å². The van der Waals surface area contributed by atoms with Gasteiger partial charge in [-0.3, -0.25) is 4.79 Å². The Morgan fingerprint density at radius 2 is 1.43 bits per heavy atom. The fraction of sp³-hybridized carbons (Fsp3) is 0.645. The van der Waals surface area contributed by atoms with Crippen molar-refractivity contribution in [2.24, 2.45) is 17.6 Å². The average molecular weight is 508 g/mol. The molecule has 2 aromatic carbocycles. The van der Waals surface area contributed by atoms with E-state index in [1.54, 1.807) is 0 Å². The summed E-state index contributed by atoms with van der Waals surface area (Å²) in [6, 6.07) is 14.6. The molecule has 2 fully saturated rings. The molecule has 4 N–H and O–H groups in total. The number of nitrogens with one attached hydrogen (secondary N) is 2. The fourth-order valence-electron chi connectivity index (χ4n) is 5.95. The van der Waals surface area contributed by atoms with E-state index in [-0.39, 0.29) is 5.91 Å². The standard InChI is InChI=1S/C31H49N5O/c32-15-6-18-35-19-11-26(12-20-35)24-33-16-3-4-17-34-25-27-13-21-36(22-14-27)31(37)23-29-9-5-8-28-7-1-2-10-30(28)29/h1-2,5,7-10,26-27,33-34H,3-4,6,11-25,32H2. The van der Waals surface area contributed by atoms with E-state index < -0.39 is 0 Å². The molecule has 0 aliphatic carbocycles. The minimum atomic E-state index is 0.271. The molecular formula is C31H49N5O. The highest BCUT2D eigenvalue weighted by atomic mass is 16.2. The van der Waals surface area contributed by atoms with Crippen molar-refractivity contribution in [1.29, 1.82) is 0 Å². The number of nitrogens with two attached hydrogens (primary N) is 1. The molecule has 2 heterocycles. The van der Waals surface area contributed by atoms with Crippen molar-refractivity contribution in [2.45, 2.75) is 51.4 Å². The first-order valence-electron chi connectivity index (χ1n) is 14.8. The lowest BCUT2D eigenvalue weighted by atomic mass is 9.95. The lowest BCUT2D eigenvalue weighted by Crippen LogP contribution is -2.41. The SMILES string of the molecule is NCCCN1CCC(CNCCCCNCC2CCN(C(=O)Cc3cccc4ccccc34)CC2)CC1. The molecule has 2 aliphatic rings. The minimum Gasteiger partial charge on any atom is -0.342 e. The van der Waals surface area contributed by atoms with Gasteiger partial charge in [-0.25, -0.2) is 0 Å². The highest BCUT2D eigenvalue weighted by molar-refractivity contribution is 5.90. The number of hydrogen-bond acceptors (Lipinski definition) is 5. The maximum Gasteiger partial charge on any atom is 0.227 e. The van der Waals surface area contributed by atoms with Gasteiger partial charge in [0, 0.05) is 13.1 Å². The zero-order valence-electron chi connectivity index (χ0n) is 22.8. The maximum atomic E-state index is 13.0. The second-order valence-electron chi connectivity index (χ2n) is 11.2. The molecule has 37 heavy (non-hydrogen) atoms. The van der Waals surface area contributed by atoms with Crippen molar-refractivity contribution in [3.8, 4) is 0 Å². The number of amides is 1. The smallest absolute Gasteiger partial charge is 0.227 e. The number of unbranched alkanes of at least 4 members (excludes halogenated alkanes) is 1. The number of benzene rings is 2. The number of fused-ring (bicyclic) bond motifs is 1. The number of rotatable bonds is 14. The average Bonchev–Trinajstić information content (AvgIpc) is 2.94. The molecule has 0 atom stereocenters. The molecule has 0 spiro atoms. The van der Waals surface area contributed by atoms with Crippen molar-refractivity contribution in [2.75, 3.05) is 65.4 Å². The highest BCUT2D eigenvalue weighted by Gasteiger charge is 2.23. The Balaban J connectivity index is 1.01. The topological polar surface area (TPSA) is 73.6 Å². The molecule has 0 radical (unpaired) electrons. The Morgan fingerprint density at radius 1 is 0.811 bits per heavy atom. The summed E-state index contributed by atoms with van der Waals surface area (Å²) in [7, 11) is 0. The fourth-order valence-corrected chi connectivity index (χ4v) is 5.95. The van der Waals surface area contributed by atoms with E-state index in [2.05, 4.69) is 62.9 Å². The van der Waals surface area contributed by atoms with E-state index >= 15 is 0 Å².